The number of allylic oxidation sites excluding steroid dienone is 8. The van der Waals surface area contributed by atoms with Crippen molar-refractivity contribution in [3.8, 4) is 0 Å². The van der Waals surface area contributed by atoms with Crippen molar-refractivity contribution in [3.63, 3.8) is 0 Å². The van der Waals surface area contributed by atoms with Crippen LogP contribution in [0.4, 0.5) is 5.69 Å². The van der Waals surface area contributed by atoms with Gasteiger partial charge in [0, 0.05) is 43.8 Å². The number of aryl methyl sites for hydroxylation is 1. The van der Waals surface area contributed by atoms with Crippen molar-refractivity contribution >= 4 is 42.8 Å². The van der Waals surface area contributed by atoms with Gasteiger partial charge in [0.25, 0.3) is 0 Å². The molecule has 2 heteroatoms. The first-order valence-corrected chi connectivity index (χ1v) is 11.8. The van der Waals surface area contributed by atoms with E-state index in [1.54, 1.807) is 0 Å². The van der Waals surface area contributed by atoms with Crippen molar-refractivity contribution in [1.82, 2.24) is 0 Å². The molecule has 1 aliphatic heterocycles. The van der Waals surface area contributed by atoms with Crippen LogP contribution in [-0.2, 0) is 0 Å². The van der Waals surface area contributed by atoms with Crippen molar-refractivity contribution in [2.24, 2.45) is 0 Å². The van der Waals surface area contributed by atoms with E-state index in [2.05, 4.69) is 116 Å². The van der Waals surface area contributed by atoms with Crippen molar-refractivity contribution in [3.05, 3.63) is 145 Å². The van der Waals surface area contributed by atoms with Gasteiger partial charge in [0.15, 0.2) is 0 Å². The van der Waals surface area contributed by atoms with Crippen molar-refractivity contribution in [2.75, 3.05) is 4.90 Å². The minimum absolute atomic E-state index is 0.901. The maximum absolute atomic E-state index is 4.21. The van der Waals surface area contributed by atoms with E-state index in [0.29, 0.717) is 0 Å². The lowest BCUT2D eigenvalue weighted by Gasteiger charge is -2.18. The molecule has 0 amide bonds. The minimum atomic E-state index is 0.901. The molecular weight excluding hydrogens is 418 g/mol. The largest absolute Gasteiger partial charge is 0.323 e. The Bertz CT molecular complexity index is 1490. The Kier molecular flexibility index (Phi) is 5.68. The number of hydrogen-bond acceptors (Lipinski definition) is 2. The van der Waals surface area contributed by atoms with Crippen LogP contribution in [0, 0.1) is 6.92 Å². The topological polar surface area (TPSA) is 3.24 Å². The van der Waals surface area contributed by atoms with Gasteiger partial charge in [-0.25, -0.2) is 0 Å². The summed E-state index contributed by atoms with van der Waals surface area (Å²) in [5.74, 6) is 0. The van der Waals surface area contributed by atoms with Gasteiger partial charge in [-0.05, 0) is 47.9 Å². The van der Waals surface area contributed by atoms with Gasteiger partial charge in [0.1, 0.15) is 0 Å². The molecule has 0 spiro atoms. The fraction of sp³-hybridized carbons (Fsp3) is 0.0323. The van der Waals surface area contributed by atoms with Crippen LogP contribution in [0.2, 0.25) is 0 Å². The standard InChI is InChI=1S/C31H25NS/c1-22-14-18-26(19-15-22)32-20-7-6-9-23(2)24(3)16-17-25(21-32)27-11-8-12-29-28-10-4-5-13-30(28)33-31(27)29/h4-21H,2-3H2,1H3/b9-6-,17-16-,20-7-,25-21+. The van der Waals surface area contributed by atoms with Crippen LogP contribution in [0.15, 0.2) is 134 Å². The van der Waals surface area contributed by atoms with Crippen LogP contribution in [0.3, 0.4) is 0 Å². The van der Waals surface area contributed by atoms with Gasteiger partial charge in [-0.1, -0.05) is 91.6 Å². The van der Waals surface area contributed by atoms with Crippen LogP contribution in [-0.4, -0.2) is 0 Å². The molecule has 4 aromatic rings. The fourth-order valence-corrected chi connectivity index (χ4v) is 5.20. The Morgan fingerprint density at radius 3 is 2.33 bits per heavy atom. The molecule has 33 heavy (non-hydrogen) atoms. The Morgan fingerprint density at radius 1 is 0.727 bits per heavy atom. The van der Waals surface area contributed by atoms with E-state index in [-0.39, 0.29) is 0 Å². The number of thiophene rings is 1. The second kappa shape index (κ2) is 8.93. The third kappa shape index (κ3) is 4.26. The molecule has 1 aliphatic rings. The highest BCUT2D eigenvalue weighted by Crippen LogP contribution is 2.39. The third-order valence-electron chi connectivity index (χ3n) is 5.86. The molecule has 0 atom stereocenters. The Morgan fingerprint density at radius 2 is 1.48 bits per heavy atom. The summed E-state index contributed by atoms with van der Waals surface area (Å²) < 4.78 is 2.60. The molecule has 0 saturated heterocycles. The predicted octanol–water partition coefficient (Wildman–Crippen LogP) is 8.96. The molecule has 0 radical (unpaired) electrons. The molecule has 5 rings (SSSR count). The highest BCUT2D eigenvalue weighted by molar-refractivity contribution is 7.26. The number of rotatable bonds is 2. The molecule has 1 nitrogen and oxygen atoms in total. The molecule has 0 aliphatic carbocycles. The first kappa shape index (κ1) is 21.0. The lowest BCUT2D eigenvalue weighted by molar-refractivity contribution is 1.27. The van der Waals surface area contributed by atoms with Crippen molar-refractivity contribution in [1.29, 1.82) is 0 Å². The molecular formula is C31H25NS. The first-order chi connectivity index (χ1) is 16.1. The second-order valence-corrected chi connectivity index (χ2v) is 9.24. The normalized spacial score (nSPS) is 19.2. The summed E-state index contributed by atoms with van der Waals surface area (Å²) in [4.78, 5) is 2.17. The van der Waals surface area contributed by atoms with Gasteiger partial charge < -0.3 is 4.90 Å². The lowest BCUT2D eigenvalue weighted by Crippen LogP contribution is -2.08. The van der Waals surface area contributed by atoms with E-state index in [9.17, 15) is 0 Å². The molecule has 0 N–H and O–H groups in total. The smallest absolute Gasteiger partial charge is 0.0449 e. The Hall–Kier alpha value is -3.88. The lowest BCUT2D eigenvalue weighted by atomic mass is 10.0. The van der Waals surface area contributed by atoms with Crippen LogP contribution >= 0.6 is 11.3 Å². The molecule has 3 aromatic carbocycles. The van der Waals surface area contributed by atoms with E-state index >= 15 is 0 Å². The maximum atomic E-state index is 4.21. The molecule has 0 bridgehead atoms. The SMILES string of the molecule is C=C1/C=C\C=C/N(c2ccc(C)cc2)/C=C(c2cccc3c2sc2ccccc23)\C=C/C1=C. The van der Waals surface area contributed by atoms with Gasteiger partial charge in [-0.3, -0.25) is 0 Å². The third-order valence-corrected chi connectivity index (χ3v) is 7.08. The van der Waals surface area contributed by atoms with Crippen LogP contribution in [0.25, 0.3) is 25.7 Å². The zero-order valence-electron chi connectivity index (χ0n) is 18.7. The number of fused-ring (bicyclic) bond motifs is 3. The monoisotopic (exact) mass is 443 g/mol. The van der Waals surface area contributed by atoms with Crippen molar-refractivity contribution < 1.29 is 0 Å². The van der Waals surface area contributed by atoms with E-state index in [0.717, 1.165) is 22.4 Å². The quantitative estimate of drug-likeness (QED) is 0.299. The molecule has 2 heterocycles. The molecule has 160 valence electrons. The highest BCUT2D eigenvalue weighted by Gasteiger charge is 2.12. The number of benzene rings is 3. The van der Waals surface area contributed by atoms with Crippen molar-refractivity contribution in [2.45, 2.75) is 6.92 Å². The average Bonchev–Trinajstić information content (AvgIpc) is 3.21. The Labute approximate surface area is 199 Å². The van der Waals surface area contributed by atoms with Crippen LogP contribution < -0.4 is 4.90 Å². The van der Waals surface area contributed by atoms with E-state index in [4.69, 9.17) is 0 Å². The summed E-state index contributed by atoms with van der Waals surface area (Å²) in [6.45, 7) is 10.5. The zero-order valence-corrected chi connectivity index (χ0v) is 19.5. The predicted molar refractivity (Wildman–Crippen MR) is 147 cm³/mol. The molecule has 1 aromatic heterocycles. The number of nitrogens with zero attached hydrogens (tertiary/aromatic N) is 1. The summed E-state index contributed by atoms with van der Waals surface area (Å²) in [5.41, 5.74) is 6.48. The van der Waals surface area contributed by atoms with Crippen LogP contribution in [0.5, 0.6) is 0 Å². The van der Waals surface area contributed by atoms with Gasteiger partial charge in [-0.15, -0.1) is 11.3 Å². The molecule has 0 unspecified atom stereocenters. The molecule has 0 saturated carbocycles. The average molecular weight is 444 g/mol. The van der Waals surface area contributed by atoms with Gasteiger partial charge in [0.05, 0.1) is 0 Å². The second-order valence-electron chi connectivity index (χ2n) is 8.19. The zero-order chi connectivity index (χ0) is 22.8. The fourth-order valence-electron chi connectivity index (χ4n) is 3.97. The number of hydrogen-bond donors (Lipinski definition) is 0. The Balaban J connectivity index is 1.73. The summed E-state index contributed by atoms with van der Waals surface area (Å²) >= 11 is 1.84. The van der Waals surface area contributed by atoms with E-state index in [1.807, 2.05) is 29.6 Å². The van der Waals surface area contributed by atoms with E-state index < -0.39 is 0 Å². The summed E-state index contributed by atoms with van der Waals surface area (Å²) in [5, 5.41) is 2.59. The first-order valence-electron chi connectivity index (χ1n) is 11.0. The van der Waals surface area contributed by atoms with Crippen LogP contribution in [0.1, 0.15) is 11.1 Å². The number of anilines is 1. The summed E-state index contributed by atoms with van der Waals surface area (Å²) in [6, 6.07) is 23.8. The highest BCUT2D eigenvalue weighted by atomic mass is 32.1. The summed E-state index contributed by atoms with van der Waals surface area (Å²) in [7, 11) is 0. The van der Waals surface area contributed by atoms with Gasteiger partial charge in [0.2, 0.25) is 0 Å². The van der Waals surface area contributed by atoms with Gasteiger partial charge >= 0.3 is 0 Å². The van der Waals surface area contributed by atoms with Gasteiger partial charge in [-0.2, -0.15) is 0 Å². The molecule has 0 fully saturated rings. The van der Waals surface area contributed by atoms with E-state index in [1.165, 1.54) is 31.3 Å². The summed E-state index contributed by atoms with van der Waals surface area (Å²) in [6.07, 6.45) is 14.5. The maximum Gasteiger partial charge on any atom is 0.0449 e. The minimum Gasteiger partial charge on any atom is -0.323 e.